The highest BCUT2D eigenvalue weighted by atomic mass is 16.2. The summed E-state index contributed by atoms with van der Waals surface area (Å²) in [6.07, 6.45) is 2.52. The molecule has 5 nitrogen and oxygen atoms in total. The first-order chi connectivity index (χ1) is 8.01. The molecule has 17 heavy (non-hydrogen) atoms. The summed E-state index contributed by atoms with van der Waals surface area (Å²) in [5.74, 6) is -0.295. The molecule has 0 bridgehead atoms. The van der Waals surface area contributed by atoms with Crippen LogP contribution in [-0.4, -0.2) is 23.7 Å². The van der Waals surface area contributed by atoms with Crippen LogP contribution in [0.5, 0.6) is 0 Å². The Morgan fingerprint density at radius 3 is 2.29 bits per heavy atom. The molecule has 1 unspecified atom stereocenters. The van der Waals surface area contributed by atoms with Gasteiger partial charge < -0.3 is 11.1 Å². The second-order valence-corrected chi connectivity index (χ2v) is 4.44. The molecule has 1 rings (SSSR count). The molecule has 1 aliphatic heterocycles. The molecule has 1 atom stereocenters. The van der Waals surface area contributed by atoms with Gasteiger partial charge in [0.2, 0.25) is 5.91 Å². The Kier molecular flexibility index (Phi) is 4.40. The smallest absolute Gasteiger partial charge is 0.263 e. The number of carbonyl (C=O) groups excluding carboxylic acids is 2. The van der Waals surface area contributed by atoms with Crippen LogP contribution < -0.4 is 11.1 Å². The minimum Gasteiger partial charge on any atom is -0.321 e. The second kappa shape index (κ2) is 5.40. The van der Waals surface area contributed by atoms with E-state index in [0.29, 0.717) is 25.1 Å². The van der Waals surface area contributed by atoms with E-state index in [2.05, 4.69) is 10.3 Å². The maximum atomic E-state index is 12.0. The average molecular weight is 239 g/mol. The van der Waals surface area contributed by atoms with Crippen LogP contribution in [0.4, 0.5) is 0 Å². The summed E-state index contributed by atoms with van der Waals surface area (Å²) in [4.78, 5) is 28.0. The number of nitrogens with zero attached hydrogens (tertiary/aromatic N) is 1. The fourth-order valence-electron chi connectivity index (χ4n) is 2.07. The molecule has 0 aromatic heterocycles. The molecule has 1 heterocycles. The number of nitrogens with two attached hydrogens (primary N) is 1. The maximum Gasteiger partial charge on any atom is 0.263 e. The molecule has 5 heteroatoms. The van der Waals surface area contributed by atoms with Crippen LogP contribution in [0, 0.1) is 5.41 Å². The number of aliphatic imine (C=N–C) groups is 1. The normalized spacial score (nSPS) is 20.8. The fraction of sp³-hybridized carbons (Fsp3) is 0.750. The van der Waals surface area contributed by atoms with E-state index in [-0.39, 0.29) is 17.9 Å². The van der Waals surface area contributed by atoms with E-state index >= 15 is 0 Å². The van der Waals surface area contributed by atoms with E-state index in [0.717, 1.165) is 6.42 Å². The topological polar surface area (TPSA) is 84.5 Å². The molecule has 0 saturated carbocycles. The molecule has 1 aliphatic rings. The molecular formula is C12H21N3O2. The minimum absolute atomic E-state index is 0.260. The molecule has 0 fully saturated rings. The summed E-state index contributed by atoms with van der Waals surface area (Å²) in [7, 11) is 0. The van der Waals surface area contributed by atoms with Gasteiger partial charge in [0, 0.05) is 0 Å². The lowest BCUT2D eigenvalue weighted by atomic mass is 9.79. The van der Waals surface area contributed by atoms with Crippen LogP contribution in [0.2, 0.25) is 0 Å². The number of amides is 2. The van der Waals surface area contributed by atoms with E-state index in [1.807, 2.05) is 20.8 Å². The summed E-state index contributed by atoms with van der Waals surface area (Å²) in [6, 6.07) is -0.361. The second-order valence-electron chi connectivity index (χ2n) is 4.44. The molecule has 0 aliphatic carbocycles. The highest BCUT2D eigenvalue weighted by molar-refractivity contribution is 6.19. The largest absolute Gasteiger partial charge is 0.321 e. The van der Waals surface area contributed by atoms with Gasteiger partial charge in [0.1, 0.15) is 11.3 Å². The number of nitrogens with one attached hydrogen (secondary N) is 1. The van der Waals surface area contributed by atoms with Crippen molar-refractivity contribution in [1.29, 1.82) is 0 Å². The first-order valence-electron chi connectivity index (χ1n) is 6.21. The molecule has 96 valence electrons. The summed E-state index contributed by atoms with van der Waals surface area (Å²) in [5.41, 5.74) is 4.87. The van der Waals surface area contributed by atoms with Gasteiger partial charge in [0.05, 0.1) is 6.04 Å². The van der Waals surface area contributed by atoms with Crippen LogP contribution in [0.1, 0.15) is 46.5 Å². The van der Waals surface area contributed by atoms with E-state index < -0.39 is 5.41 Å². The lowest BCUT2D eigenvalue weighted by molar-refractivity contribution is -0.142. The monoisotopic (exact) mass is 239 g/mol. The van der Waals surface area contributed by atoms with Gasteiger partial charge in [-0.15, -0.1) is 0 Å². The van der Waals surface area contributed by atoms with Gasteiger partial charge in [-0.2, -0.15) is 4.99 Å². The predicted molar refractivity (Wildman–Crippen MR) is 66.5 cm³/mol. The highest BCUT2D eigenvalue weighted by Crippen LogP contribution is 2.30. The van der Waals surface area contributed by atoms with E-state index in [9.17, 15) is 9.59 Å². The Morgan fingerprint density at radius 2 is 1.88 bits per heavy atom. The van der Waals surface area contributed by atoms with Crippen LogP contribution in [0.15, 0.2) is 4.99 Å². The summed E-state index contributed by atoms with van der Waals surface area (Å²) in [5, 5.41) is 2.69. The number of carbonyl (C=O) groups is 2. The SMILES string of the molecule is CCCC(N)C1=NC(=O)C(CC)(CC)C(=O)N1. The number of rotatable bonds is 5. The summed E-state index contributed by atoms with van der Waals surface area (Å²) in [6.45, 7) is 5.65. The standard InChI is InChI=1S/C12H21N3O2/c1-4-7-8(13)9-14-10(16)12(5-2,6-3)11(17)15-9/h8H,4-7,13H2,1-3H3,(H,14,15,16,17). The van der Waals surface area contributed by atoms with Crippen molar-refractivity contribution in [1.82, 2.24) is 5.32 Å². The zero-order valence-corrected chi connectivity index (χ0v) is 10.7. The van der Waals surface area contributed by atoms with E-state index in [1.54, 1.807) is 0 Å². The van der Waals surface area contributed by atoms with Gasteiger partial charge >= 0.3 is 0 Å². The Morgan fingerprint density at radius 1 is 1.29 bits per heavy atom. The summed E-state index contributed by atoms with van der Waals surface area (Å²) >= 11 is 0. The Bertz CT molecular complexity index is 346. The van der Waals surface area contributed by atoms with Gasteiger partial charge in [0.15, 0.2) is 0 Å². The van der Waals surface area contributed by atoms with Crippen molar-refractivity contribution in [3.63, 3.8) is 0 Å². The third kappa shape index (κ3) is 2.39. The molecule has 0 aromatic rings. The van der Waals surface area contributed by atoms with Crippen LogP contribution in [0.25, 0.3) is 0 Å². The maximum absolute atomic E-state index is 12.0. The van der Waals surface area contributed by atoms with Gasteiger partial charge in [-0.1, -0.05) is 27.2 Å². The third-order valence-electron chi connectivity index (χ3n) is 3.47. The number of hydrogen-bond donors (Lipinski definition) is 2. The van der Waals surface area contributed by atoms with Crippen molar-refractivity contribution in [2.45, 2.75) is 52.5 Å². The molecule has 3 N–H and O–H groups in total. The fourth-order valence-corrected chi connectivity index (χ4v) is 2.07. The zero-order valence-electron chi connectivity index (χ0n) is 10.7. The quantitative estimate of drug-likeness (QED) is 0.701. The first kappa shape index (κ1) is 13.8. The minimum atomic E-state index is -0.991. The van der Waals surface area contributed by atoms with Crippen LogP contribution in [0.3, 0.4) is 0 Å². The number of amidine groups is 1. The molecule has 0 aromatic carbocycles. The lowest BCUT2D eigenvalue weighted by Gasteiger charge is -2.32. The van der Waals surface area contributed by atoms with Crippen molar-refractivity contribution < 1.29 is 9.59 Å². The predicted octanol–water partition coefficient (Wildman–Crippen LogP) is 0.975. The Balaban J connectivity index is 2.98. The molecular weight excluding hydrogens is 218 g/mol. The highest BCUT2D eigenvalue weighted by Gasteiger charge is 2.46. The Hall–Kier alpha value is -1.23. The lowest BCUT2D eigenvalue weighted by Crippen LogP contribution is -2.56. The zero-order chi connectivity index (χ0) is 13.1. The van der Waals surface area contributed by atoms with Crippen molar-refractivity contribution in [2.75, 3.05) is 0 Å². The molecule has 0 spiro atoms. The molecule has 0 radical (unpaired) electrons. The average Bonchev–Trinajstić information content (AvgIpc) is 2.30. The van der Waals surface area contributed by atoms with Gasteiger partial charge in [-0.3, -0.25) is 9.59 Å². The van der Waals surface area contributed by atoms with Crippen molar-refractivity contribution >= 4 is 17.6 Å². The Labute approximate surface area is 102 Å². The van der Waals surface area contributed by atoms with E-state index in [4.69, 9.17) is 5.73 Å². The van der Waals surface area contributed by atoms with Crippen LogP contribution >= 0.6 is 0 Å². The van der Waals surface area contributed by atoms with Crippen molar-refractivity contribution in [2.24, 2.45) is 16.1 Å². The first-order valence-corrected chi connectivity index (χ1v) is 6.21. The molecule has 0 saturated heterocycles. The van der Waals surface area contributed by atoms with Gasteiger partial charge in [-0.05, 0) is 19.3 Å². The van der Waals surface area contributed by atoms with E-state index in [1.165, 1.54) is 0 Å². The molecule has 2 amide bonds. The van der Waals surface area contributed by atoms with Crippen molar-refractivity contribution in [3.05, 3.63) is 0 Å². The third-order valence-corrected chi connectivity index (χ3v) is 3.47. The van der Waals surface area contributed by atoms with Gasteiger partial charge in [0.25, 0.3) is 5.91 Å². The number of hydrogen-bond acceptors (Lipinski definition) is 3. The summed E-state index contributed by atoms with van der Waals surface area (Å²) < 4.78 is 0. The van der Waals surface area contributed by atoms with Crippen molar-refractivity contribution in [3.8, 4) is 0 Å². The van der Waals surface area contributed by atoms with Crippen LogP contribution in [-0.2, 0) is 9.59 Å². The van der Waals surface area contributed by atoms with Gasteiger partial charge in [-0.25, -0.2) is 0 Å².